The third-order valence-corrected chi connectivity index (χ3v) is 2.00. The Morgan fingerprint density at radius 1 is 1.69 bits per heavy atom. The molecule has 1 atom stereocenters. The second-order valence-electron chi connectivity index (χ2n) is 3.30. The third kappa shape index (κ3) is 3.24. The third-order valence-electron chi connectivity index (χ3n) is 2.00. The van der Waals surface area contributed by atoms with Crippen LogP contribution in [0.15, 0.2) is 18.3 Å². The van der Waals surface area contributed by atoms with Crippen molar-refractivity contribution in [3.8, 4) is 6.07 Å². The topological polar surface area (TPSA) is 77.8 Å². The highest BCUT2D eigenvalue weighted by Gasteiger charge is 2.11. The molecule has 1 amide bonds. The zero-order chi connectivity index (χ0) is 12.0. The molecule has 0 radical (unpaired) electrons. The van der Waals surface area contributed by atoms with E-state index in [1.54, 1.807) is 19.1 Å². The van der Waals surface area contributed by atoms with Crippen LogP contribution in [0.25, 0.3) is 0 Å². The van der Waals surface area contributed by atoms with Crippen molar-refractivity contribution < 1.29 is 4.79 Å². The number of amides is 1. The standard InChI is InChI=1S/C11H14N4O/c1-3-13-11(16)8(2)15-10-6-9(7-12)4-5-14-10/h4-6,8H,3H2,1-2H3,(H,13,16)(H,14,15). The predicted molar refractivity (Wildman–Crippen MR) is 60.7 cm³/mol. The second-order valence-corrected chi connectivity index (χ2v) is 3.30. The van der Waals surface area contributed by atoms with E-state index >= 15 is 0 Å². The molecule has 0 fully saturated rings. The van der Waals surface area contributed by atoms with E-state index in [-0.39, 0.29) is 11.9 Å². The summed E-state index contributed by atoms with van der Waals surface area (Å²) in [6.07, 6.45) is 1.53. The lowest BCUT2D eigenvalue weighted by molar-refractivity contribution is -0.121. The Morgan fingerprint density at radius 2 is 2.44 bits per heavy atom. The molecule has 0 bridgehead atoms. The van der Waals surface area contributed by atoms with Crippen molar-refractivity contribution in [2.75, 3.05) is 11.9 Å². The highest BCUT2D eigenvalue weighted by atomic mass is 16.2. The molecule has 0 saturated carbocycles. The Balaban J connectivity index is 2.66. The Kier molecular flexibility index (Phi) is 4.28. The number of nitriles is 1. The monoisotopic (exact) mass is 218 g/mol. The molecule has 1 aromatic rings. The quantitative estimate of drug-likeness (QED) is 0.786. The van der Waals surface area contributed by atoms with Crippen LogP contribution < -0.4 is 10.6 Å². The van der Waals surface area contributed by atoms with Gasteiger partial charge in [0.1, 0.15) is 11.9 Å². The molecule has 16 heavy (non-hydrogen) atoms. The molecule has 5 heteroatoms. The van der Waals surface area contributed by atoms with Gasteiger partial charge in [0, 0.05) is 12.7 Å². The van der Waals surface area contributed by atoms with Gasteiger partial charge in [-0.3, -0.25) is 4.79 Å². The van der Waals surface area contributed by atoms with Crippen LogP contribution >= 0.6 is 0 Å². The number of rotatable bonds is 4. The summed E-state index contributed by atoms with van der Waals surface area (Å²) in [6.45, 7) is 4.20. The summed E-state index contributed by atoms with van der Waals surface area (Å²) in [5.74, 6) is 0.435. The number of aromatic nitrogens is 1. The van der Waals surface area contributed by atoms with Gasteiger partial charge in [-0.1, -0.05) is 0 Å². The minimum Gasteiger partial charge on any atom is -0.359 e. The first kappa shape index (κ1) is 12.0. The van der Waals surface area contributed by atoms with Gasteiger partial charge in [-0.15, -0.1) is 0 Å². The predicted octanol–water partition coefficient (Wildman–Crippen LogP) is 0.890. The van der Waals surface area contributed by atoms with Crippen molar-refractivity contribution in [2.45, 2.75) is 19.9 Å². The van der Waals surface area contributed by atoms with E-state index < -0.39 is 0 Å². The summed E-state index contributed by atoms with van der Waals surface area (Å²) < 4.78 is 0. The molecule has 1 rings (SSSR count). The number of nitrogens with one attached hydrogen (secondary N) is 2. The van der Waals surface area contributed by atoms with Crippen LogP contribution in [0.4, 0.5) is 5.82 Å². The second kappa shape index (κ2) is 5.71. The molecule has 1 heterocycles. The van der Waals surface area contributed by atoms with E-state index in [9.17, 15) is 4.79 Å². The largest absolute Gasteiger partial charge is 0.359 e. The molecule has 1 aromatic heterocycles. The Bertz CT molecular complexity index is 411. The highest BCUT2D eigenvalue weighted by Crippen LogP contribution is 2.06. The molecule has 0 aromatic carbocycles. The average molecular weight is 218 g/mol. The zero-order valence-corrected chi connectivity index (χ0v) is 9.32. The molecular weight excluding hydrogens is 204 g/mol. The fourth-order valence-electron chi connectivity index (χ4n) is 1.19. The number of anilines is 1. The van der Waals surface area contributed by atoms with Crippen molar-refractivity contribution in [1.29, 1.82) is 5.26 Å². The van der Waals surface area contributed by atoms with Gasteiger partial charge in [0.15, 0.2) is 0 Å². The normalized spacial score (nSPS) is 11.3. The lowest BCUT2D eigenvalue weighted by Gasteiger charge is -2.13. The number of carbonyl (C=O) groups excluding carboxylic acids is 1. The van der Waals surface area contributed by atoms with Crippen molar-refractivity contribution in [1.82, 2.24) is 10.3 Å². The van der Waals surface area contributed by atoms with Crippen LogP contribution in [-0.2, 0) is 4.79 Å². The molecule has 1 unspecified atom stereocenters. The molecule has 0 spiro atoms. The van der Waals surface area contributed by atoms with Crippen LogP contribution in [0.3, 0.4) is 0 Å². The maximum absolute atomic E-state index is 11.4. The molecule has 2 N–H and O–H groups in total. The van der Waals surface area contributed by atoms with Crippen molar-refractivity contribution in [2.24, 2.45) is 0 Å². The van der Waals surface area contributed by atoms with Gasteiger partial charge in [-0.05, 0) is 26.0 Å². The van der Waals surface area contributed by atoms with Gasteiger partial charge >= 0.3 is 0 Å². The number of hydrogen-bond donors (Lipinski definition) is 2. The van der Waals surface area contributed by atoms with E-state index in [0.29, 0.717) is 17.9 Å². The summed E-state index contributed by atoms with van der Waals surface area (Å²) in [7, 11) is 0. The minimum absolute atomic E-state index is 0.0911. The zero-order valence-electron chi connectivity index (χ0n) is 9.32. The smallest absolute Gasteiger partial charge is 0.242 e. The van der Waals surface area contributed by atoms with Crippen LogP contribution in [0, 0.1) is 11.3 Å². The molecule has 0 aliphatic heterocycles. The van der Waals surface area contributed by atoms with Crippen LogP contribution in [0.1, 0.15) is 19.4 Å². The lowest BCUT2D eigenvalue weighted by Crippen LogP contribution is -2.37. The summed E-state index contributed by atoms with van der Waals surface area (Å²) in [4.78, 5) is 15.5. The van der Waals surface area contributed by atoms with E-state index in [1.165, 1.54) is 6.20 Å². The number of likely N-dealkylation sites (N-methyl/N-ethyl adjacent to an activating group) is 1. The maximum Gasteiger partial charge on any atom is 0.242 e. The Hall–Kier alpha value is -2.09. The number of nitrogens with zero attached hydrogens (tertiary/aromatic N) is 2. The first-order valence-electron chi connectivity index (χ1n) is 5.07. The number of hydrogen-bond acceptors (Lipinski definition) is 4. The van der Waals surface area contributed by atoms with Gasteiger partial charge < -0.3 is 10.6 Å². The SMILES string of the molecule is CCNC(=O)C(C)Nc1cc(C#N)ccn1. The van der Waals surface area contributed by atoms with E-state index in [0.717, 1.165) is 0 Å². The lowest BCUT2D eigenvalue weighted by atomic mass is 10.2. The van der Waals surface area contributed by atoms with Gasteiger partial charge in [-0.2, -0.15) is 5.26 Å². The summed E-state index contributed by atoms with van der Waals surface area (Å²) in [6, 6.07) is 4.86. The molecule has 0 aliphatic rings. The van der Waals surface area contributed by atoms with Crippen molar-refractivity contribution in [3.05, 3.63) is 23.9 Å². The van der Waals surface area contributed by atoms with Crippen LogP contribution in [-0.4, -0.2) is 23.5 Å². The fourth-order valence-corrected chi connectivity index (χ4v) is 1.19. The fraction of sp³-hybridized carbons (Fsp3) is 0.364. The molecule has 0 saturated heterocycles. The van der Waals surface area contributed by atoms with E-state index in [1.807, 2.05) is 13.0 Å². The summed E-state index contributed by atoms with van der Waals surface area (Å²) >= 11 is 0. The van der Waals surface area contributed by atoms with Crippen LogP contribution in [0.2, 0.25) is 0 Å². The Labute approximate surface area is 94.5 Å². The number of carbonyl (C=O) groups is 1. The van der Waals surface area contributed by atoms with Crippen molar-refractivity contribution in [3.63, 3.8) is 0 Å². The van der Waals surface area contributed by atoms with Crippen molar-refractivity contribution >= 4 is 11.7 Å². The van der Waals surface area contributed by atoms with Gasteiger partial charge in [0.25, 0.3) is 0 Å². The maximum atomic E-state index is 11.4. The first-order chi connectivity index (χ1) is 7.67. The minimum atomic E-state index is -0.374. The first-order valence-corrected chi connectivity index (χ1v) is 5.07. The summed E-state index contributed by atoms with van der Waals surface area (Å²) in [5, 5.41) is 14.3. The number of pyridine rings is 1. The van der Waals surface area contributed by atoms with Crippen LogP contribution in [0.5, 0.6) is 0 Å². The van der Waals surface area contributed by atoms with Gasteiger partial charge in [-0.25, -0.2) is 4.98 Å². The molecule has 84 valence electrons. The van der Waals surface area contributed by atoms with Gasteiger partial charge in [0.05, 0.1) is 11.6 Å². The highest BCUT2D eigenvalue weighted by molar-refractivity contribution is 5.83. The van der Waals surface area contributed by atoms with E-state index in [4.69, 9.17) is 5.26 Å². The molecule has 5 nitrogen and oxygen atoms in total. The van der Waals surface area contributed by atoms with Gasteiger partial charge in [0.2, 0.25) is 5.91 Å². The average Bonchev–Trinajstić information content (AvgIpc) is 2.29. The molecule has 0 aliphatic carbocycles. The Morgan fingerprint density at radius 3 is 3.06 bits per heavy atom. The summed E-state index contributed by atoms with van der Waals surface area (Å²) in [5.41, 5.74) is 0.514. The molecular formula is C11H14N4O. The van der Waals surface area contributed by atoms with E-state index in [2.05, 4.69) is 15.6 Å².